The van der Waals surface area contributed by atoms with Gasteiger partial charge in [-0.3, -0.25) is 4.99 Å². The van der Waals surface area contributed by atoms with E-state index in [2.05, 4.69) is 15.6 Å². The minimum atomic E-state index is -0.644. The average molecular weight is 392 g/mol. The van der Waals surface area contributed by atoms with Gasteiger partial charge in [0.1, 0.15) is 5.75 Å². The van der Waals surface area contributed by atoms with Crippen molar-refractivity contribution in [3.8, 4) is 5.75 Å². The lowest BCUT2D eigenvalue weighted by Crippen LogP contribution is -2.38. The number of aliphatic hydroxyl groups excluding tert-OH is 1. The van der Waals surface area contributed by atoms with E-state index in [1.54, 1.807) is 0 Å². The van der Waals surface area contributed by atoms with Crippen LogP contribution in [0.5, 0.6) is 5.75 Å². The second-order valence-electron chi connectivity index (χ2n) is 7.53. The van der Waals surface area contributed by atoms with Crippen LogP contribution in [-0.2, 0) is 4.74 Å². The van der Waals surface area contributed by atoms with Gasteiger partial charge < -0.3 is 25.2 Å². The van der Waals surface area contributed by atoms with Crippen molar-refractivity contribution in [2.45, 2.75) is 71.2 Å². The Morgan fingerprint density at radius 2 is 1.89 bits per heavy atom. The predicted molar refractivity (Wildman–Crippen MR) is 114 cm³/mol. The first kappa shape index (κ1) is 22.5. The van der Waals surface area contributed by atoms with Crippen molar-refractivity contribution in [2.24, 2.45) is 4.99 Å². The second-order valence-corrected chi connectivity index (χ2v) is 7.53. The number of nitrogens with zero attached hydrogens (tertiary/aromatic N) is 1. The first-order valence-electron chi connectivity index (χ1n) is 10.7. The number of rotatable bonds is 11. The van der Waals surface area contributed by atoms with Gasteiger partial charge in [-0.2, -0.15) is 0 Å². The molecule has 1 aliphatic rings. The summed E-state index contributed by atoms with van der Waals surface area (Å²) in [5.41, 5.74) is 0.834. The van der Waals surface area contributed by atoms with E-state index in [0.29, 0.717) is 12.6 Å². The molecular weight excluding hydrogens is 354 g/mol. The second kappa shape index (κ2) is 12.6. The summed E-state index contributed by atoms with van der Waals surface area (Å²) in [5.74, 6) is 1.53. The van der Waals surface area contributed by atoms with Gasteiger partial charge >= 0.3 is 0 Å². The number of hydrogen-bond donors (Lipinski definition) is 3. The molecule has 0 saturated heterocycles. The summed E-state index contributed by atoms with van der Waals surface area (Å²) in [7, 11) is 0. The van der Waals surface area contributed by atoms with Crippen molar-refractivity contribution in [3.63, 3.8) is 0 Å². The molecule has 1 atom stereocenters. The zero-order valence-corrected chi connectivity index (χ0v) is 17.6. The third kappa shape index (κ3) is 8.48. The van der Waals surface area contributed by atoms with Crippen LogP contribution >= 0.6 is 0 Å². The summed E-state index contributed by atoms with van der Waals surface area (Å²) in [6, 6.07) is 7.55. The molecule has 2 rings (SSSR count). The Labute approximate surface area is 169 Å². The summed E-state index contributed by atoms with van der Waals surface area (Å²) in [6.07, 6.45) is 5.92. The van der Waals surface area contributed by atoms with Crippen molar-refractivity contribution in [3.05, 3.63) is 29.8 Å². The highest BCUT2D eigenvalue weighted by Crippen LogP contribution is 2.21. The normalized spacial score (nSPS) is 16.4. The van der Waals surface area contributed by atoms with Crippen LogP contribution in [0.25, 0.3) is 0 Å². The third-order valence-electron chi connectivity index (χ3n) is 4.67. The Balaban J connectivity index is 1.73. The van der Waals surface area contributed by atoms with Gasteiger partial charge in [0.25, 0.3) is 0 Å². The van der Waals surface area contributed by atoms with Crippen molar-refractivity contribution < 1.29 is 14.6 Å². The first-order chi connectivity index (χ1) is 13.6. The van der Waals surface area contributed by atoms with Gasteiger partial charge in [0.2, 0.25) is 0 Å². The van der Waals surface area contributed by atoms with Crippen molar-refractivity contribution in [1.29, 1.82) is 0 Å². The Kier molecular flexibility index (Phi) is 10.1. The molecular formula is C22H37N3O3. The number of hydrogen-bond acceptors (Lipinski definition) is 4. The smallest absolute Gasteiger partial charge is 0.191 e. The van der Waals surface area contributed by atoms with Crippen LogP contribution in [0.4, 0.5) is 0 Å². The van der Waals surface area contributed by atoms with Crippen LogP contribution in [0.15, 0.2) is 29.3 Å². The Bertz CT molecular complexity index is 569. The molecule has 1 aliphatic carbocycles. The molecule has 6 heteroatoms. The fourth-order valence-electron chi connectivity index (χ4n) is 3.25. The van der Waals surface area contributed by atoms with E-state index in [9.17, 15) is 5.11 Å². The molecule has 1 aromatic carbocycles. The molecule has 6 nitrogen and oxygen atoms in total. The lowest BCUT2D eigenvalue weighted by atomic mass is 10.1. The van der Waals surface area contributed by atoms with Crippen LogP contribution < -0.4 is 15.4 Å². The van der Waals surface area contributed by atoms with Gasteiger partial charge in [-0.05, 0) is 57.7 Å². The zero-order valence-electron chi connectivity index (χ0n) is 17.6. The largest absolute Gasteiger partial charge is 0.491 e. The summed E-state index contributed by atoms with van der Waals surface area (Å²) >= 11 is 0. The highest BCUT2D eigenvalue weighted by Gasteiger charge is 2.14. The molecule has 0 spiro atoms. The van der Waals surface area contributed by atoms with Crippen LogP contribution in [0.1, 0.15) is 64.5 Å². The van der Waals surface area contributed by atoms with Gasteiger partial charge in [0.05, 0.1) is 24.9 Å². The number of benzene rings is 1. The molecule has 0 amide bonds. The molecule has 1 aromatic rings. The molecule has 0 heterocycles. The molecule has 1 fully saturated rings. The minimum Gasteiger partial charge on any atom is -0.491 e. The number of aliphatic imine (C=N–C) groups is 1. The monoisotopic (exact) mass is 391 g/mol. The minimum absolute atomic E-state index is 0.137. The lowest BCUT2D eigenvalue weighted by Gasteiger charge is -2.15. The fourth-order valence-corrected chi connectivity index (χ4v) is 3.25. The molecule has 0 aliphatic heterocycles. The highest BCUT2D eigenvalue weighted by molar-refractivity contribution is 5.79. The average Bonchev–Trinajstić information content (AvgIpc) is 3.19. The number of nitrogens with one attached hydrogen (secondary N) is 2. The molecule has 0 aromatic heterocycles. The number of guanidine groups is 1. The van der Waals surface area contributed by atoms with Gasteiger partial charge in [0, 0.05) is 19.7 Å². The maximum atomic E-state index is 10.4. The molecule has 158 valence electrons. The Morgan fingerprint density at radius 3 is 2.54 bits per heavy atom. The van der Waals surface area contributed by atoms with Crippen molar-refractivity contribution in [1.82, 2.24) is 10.6 Å². The standard InChI is InChI=1S/C22H37N3O3/c1-4-23-22(24-14-7-15-27-19-8-5-6-9-19)25-16-21(26)18-10-12-20(13-11-18)28-17(2)3/h10-13,17,19,21,26H,4-9,14-16H2,1-3H3,(H2,23,24,25). The third-order valence-corrected chi connectivity index (χ3v) is 4.67. The maximum Gasteiger partial charge on any atom is 0.191 e. The molecule has 28 heavy (non-hydrogen) atoms. The van der Waals surface area contributed by atoms with Crippen LogP contribution in [0.2, 0.25) is 0 Å². The number of aliphatic hydroxyl groups is 1. The van der Waals surface area contributed by atoms with Gasteiger partial charge in [-0.25, -0.2) is 0 Å². The molecule has 0 radical (unpaired) electrons. The Morgan fingerprint density at radius 1 is 1.18 bits per heavy atom. The predicted octanol–water partition coefficient (Wildman–Crippen LogP) is 3.41. The first-order valence-corrected chi connectivity index (χ1v) is 10.7. The zero-order chi connectivity index (χ0) is 20.2. The fraction of sp³-hybridized carbons (Fsp3) is 0.682. The van der Waals surface area contributed by atoms with E-state index < -0.39 is 6.10 Å². The van der Waals surface area contributed by atoms with E-state index in [1.165, 1.54) is 25.7 Å². The van der Waals surface area contributed by atoms with Crippen molar-refractivity contribution >= 4 is 5.96 Å². The molecule has 0 bridgehead atoms. The summed E-state index contributed by atoms with van der Waals surface area (Å²) in [6.45, 7) is 8.69. The lowest BCUT2D eigenvalue weighted by molar-refractivity contribution is 0.0574. The SMILES string of the molecule is CCNC(=NCC(O)c1ccc(OC(C)C)cc1)NCCCOC1CCCC1. The van der Waals surface area contributed by atoms with E-state index in [-0.39, 0.29) is 6.10 Å². The summed E-state index contributed by atoms with van der Waals surface area (Å²) in [5, 5.41) is 16.9. The van der Waals surface area contributed by atoms with E-state index in [0.717, 1.165) is 43.4 Å². The van der Waals surface area contributed by atoms with Crippen LogP contribution in [-0.4, -0.2) is 49.5 Å². The number of ether oxygens (including phenoxy) is 2. The topological polar surface area (TPSA) is 75.1 Å². The van der Waals surface area contributed by atoms with Crippen molar-refractivity contribution in [2.75, 3.05) is 26.2 Å². The maximum absolute atomic E-state index is 10.4. The van der Waals surface area contributed by atoms with E-state index in [4.69, 9.17) is 9.47 Å². The van der Waals surface area contributed by atoms with E-state index >= 15 is 0 Å². The van der Waals surface area contributed by atoms with Gasteiger partial charge in [-0.1, -0.05) is 25.0 Å². The van der Waals surface area contributed by atoms with Gasteiger partial charge in [-0.15, -0.1) is 0 Å². The van der Waals surface area contributed by atoms with Crippen LogP contribution in [0.3, 0.4) is 0 Å². The quantitative estimate of drug-likeness (QED) is 0.306. The van der Waals surface area contributed by atoms with Crippen LogP contribution in [0, 0.1) is 0 Å². The Hall–Kier alpha value is -1.79. The highest BCUT2D eigenvalue weighted by atomic mass is 16.5. The van der Waals surface area contributed by atoms with E-state index in [1.807, 2.05) is 45.0 Å². The molecule has 1 saturated carbocycles. The summed E-state index contributed by atoms with van der Waals surface area (Å²) < 4.78 is 11.5. The van der Waals surface area contributed by atoms with Gasteiger partial charge in [0.15, 0.2) is 5.96 Å². The molecule has 3 N–H and O–H groups in total. The molecule has 1 unspecified atom stereocenters. The summed E-state index contributed by atoms with van der Waals surface area (Å²) in [4.78, 5) is 4.51.